The molecule has 1 saturated heterocycles. The van der Waals surface area contributed by atoms with Crippen LogP contribution in [0.3, 0.4) is 0 Å². The number of nitrogens with one attached hydrogen (secondary N) is 1. The Labute approximate surface area is 117 Å². The highest BCUT2D eigenvalue weighted by Crippen LogP contribution is 2.19. The first-order valence-corrected chi connectivity index (χ1v) is 6.82. The first-order valence-electron chi connectivity index (χ1n) is 6.06. The lowest BCUT2D eigenvalue weighted by atomic mass is 10.0. The van der Waals surface area contributed by atoms with Gasteiger partial charge in [-0.3, -0.25) is 10.2 Å². The number of piperidine rings is 1. The molecule has 0 atom stereocenters. The zero-order valence-electron chi connectivity index (χ0n) is 10.2. The summed E-state index contributed by atoms with van der Waals surface area (Å²) < 4.78 is 0. The summed E-state index contributed by atoms with van der Waals surface area (Å²) in [5, 5.41) is 2.90. The van der Waals surface area contributed by atoms with Crippen LogP contribution >= 0.6 is 23.2 Å². The van der Waals surface area contributed by atoms with Gasteiger partial charge < -0.3 is 0 Å². The number of carbonyl (C=O) groups excluding carboxylic acids is 1. The van der Waals surface area contributed by atoms with Gasteiger partial charge in [-0.2, -0.15) is 0 Å². The van der Waals surface area contributed by atoms with Gasteiger partial charge in [-0.25, -0.2) is 5.01 Å². The monoisotopic (exact) mass is 286 g/mol. The summed E-state index contributed by atoms with van der Waals surface area (Å²) in [6.45, 7) is 4.01. The van der Waals surface area contributed by atoms with E-state index in [2.05, 4.69) is 12.3 Å². The third-order valence-corrected chi connectivity index (χ3v) is 3.60. The molecule has 0 spiro atoms. The molecule has 0 radical (unpaired) electrons. The predicted octanol–water partition coefficient (Wildman–Crippen LogP) is 3.37. The zero-order valence-corrected chi connectivity index (χ0v) is 11.8. The second-order valence-electron chi connectivity index (χ2n) is 4.77. The topological polar surface area (TPSA) is 32.3 Å². The molecule has 1 N–H and O–H groups in total. The van der Waals surface area contributed by atoms with Gasteiger partial charge in [0.05, 0.1) is 0 Å². The van der Waals surface area contributed by atoms with Crippen LogP contribution in [-0.2, 0) is 0 Å². The summed E-state index contributed by atoms with van der Waals surface area (Å²) in [4.78, 5) is 12.0. The molecule has 2 rings (SSSR count). The molecular weight excluding hydrogens is 271 g/mol. The number of hydrogen-bond donors (Lipinski definition) is 1. The molecule has 0 saturated carbocycles. The number of hydrogen-bond acceptors (Lipinski definition) is 2. The smallest absolute Gasteiger partial charge is 0.265 e. The van der Waals surface area contributed by atoms with Crippen LogP contribution in [0.15, 0.2) is 18.2 Å². The lowest BCUT2D eigenvalue weighted by molar-refractivity contribution is 0.0712. The predicted molar refractivity (Wildman–Crippen MR) is 73.9 cm³/mol. The number of benzene rings is 1. The number of amides is 1. The van der Waals surface area contributed by atoms with E-state index < -0.39 is 0 Å². The summed E-state index contributed by atoms with van der Waals surface area (Å²) in [6.07, 6.45) is 2.22. The molecule has 0 aromatic heterocycles. The maximum atomic E-state index is 12.0. The molecule has 3 nitrogen and oxygen atoms in total. The molecule has 0 aliphatic carbocycles. The molecule has 1 amide bonds. The lowest BCUT2D eigenvalue weighted by Gasteiger charge is -2.30. The largest absolute Gasteiger partial charge is 0.285 e. The van der Waals surface area contributed by atoms with Crippen LogP contribution in [0, 0.1) is 5.92 Å². The van der Waals surface area contributed by atoms with Crippen molar-refractivity contribution in [3.8, 4) is 0 Å². The summed E-state index contributed by atoms with van der Waals surface area (Å²) in [7, 11) is 0. The number of nitrogens with zero attached hydrogens (tertiary/aromatic N) is 1. The average Bonchev–Trinajstić information content (AvgIpc) is 2.31. The van der Waals surface area contributed by atoms with Gasteiger partial charge in [0.1, 0.15) is 0 Å². The third-order valence-electron chi connectivity index (χ3n) is 3.17. The molecule has 1 aromatic rings. The summed E-state index contributed by atoms with van der Waals surface area (Å²) in [5.41, 5.74) is 3.38. The highest BCUT2D eigenvalue weighted by atomic mass is 35.5. The van der Waals surface area contributed by atoms with E-state index in [9.17, 15) is 4.79 Å². The minimum atomic E-state index is -0.158. The minimum absolute atomic E-state index is 0.158. The zero-order chi connectivity index (χ0) is 13.1. The Morgan fingerprint density at radius 2 is 1.78 bits per heavy atom. The first kappa shape index (κ1) is 13.7. The van der Waals surface area contributed by atoms with Crippen LogP contribution in [0.25, 0.3) is 0 Å². The Morgan fingerprint density at radius 1 is 1.22 bits per heavy atom. The second kappa shape index (κ2) is 5.91. The van der Waals surface area contributed by atoms with Crippen molar-refractivity contribution in [2.45, 2.75) is 19.8 Å². The van der Waals surface area contributed by atoms with Crippen molar-refractivity contribution in [3.63, 3.8) is 0 Å². The van der Waals surface area contributed by atoms with Crippen molar-refractivity contribution < 1.29 is 4.79 Å². The van der Waals surface area contributed by atoms with E-state index in [1.807, 2.05) is 5.01 Å². The number of rotatable bonds is 2. The van der Waals surface area contributed by atoms with Gasteiger partial charge in [0.15, 0.2) is 0 Å². The van der Waals surface area contributed by atoms with Crippen LogP contribution in [-0.4, -0.2) is 24.0 Å². The van der Waals surface area contributed by atoms with Gasteiger partial charge in [0.2, 0.25) is 0 Å². The second-order valence-corrected chi connectivity index (χ2v) is 5.64. The van der Waals surface area contributed by atoms with E-state index in [4.69, 9.17) is 23.2 Å². The van der Waals surface area contributed by atoms with Gasteiger partial charge in [0, 0.05) is 28.7 Å². The number of hydrazine groups is 1. The van der Waals surface area contributed by atoms with Gasteiger partial charge in [0.25, 0.3) is 5.91 Å². The Hall–Kier alpha value is -0.770. The minimum Gasteiger partial charge on any atom is -0.285 e. The fraction of sp³-hybridized carbons (Fsp3) is 0.462. The summed E-state index contributed by atoms with van der Waals surface area (Å²) in [6, 6.07) is 4.85. The van der Waals surface area contributed by atoms with Gasteiger partial charge >= 0.3 is 0 Å². The van der Waals surface area contributed by atoms with Crippen molar-refractivity contribution >= 4 is 29.1 Å². The van der Waals surface area contributed by atoms with Crippen molar-refractivity contribution in [1.29, 1.82) is 0 Å². The highest BCUT2D eigenvalue weighted by molar-refractivity contribution is 6.35. The van der Waals surface area contributed by atoms with E-state index in [0.717, 1.165) is 31.8 Å². The molecular formula is C13H16Cl2N2O. The van der Waals surface area contributed by atoms with Crippen LogP contribution in [0.4, 0.5) is 0 Å². The maximum absolute atomic E-state index is 12.0. The van der Waals surface area contributed by atoms with Crippen LogP contribution in [0.2, 0.25) is 10.0 Å². The average molecular weight is 287 g/mol. The van der Waals surface area contributed by atoms with E-state index in [1.54, 1.807) is 18.2 Å². The molecule has 18 heavy (non-hydrogen) atoms. The third kappa shape index (κ3) is 3.61. The summed E-state index contributed by atoms with van der Waals surface area (Å²) in [5.74, 6) is 0.577. The molecule has 1 aliphatic heterocycles. The van der Waals surface area contributed by atoms with Crippen LogP contribution < -0.4 is 5.43 Å². The van der Waals surface area contributed by atoms with Gasteiger partial charge in [-0.15, -0.1) is 0 Å². The van der Waals surface area contributed by atoms with Crippen molar-refractivity contribution in [2.75, 3.05) is 13.1 Å². The van der Waals surface area contributed by atoms with E-state index in [0.29, 0.717) is 15.6 Å². The van der Waals surface area contributed by atoms with Crippen LogP contribution in [0.1, 0.15) is 30.1 Å². The standard InChI is InChI=1S/C13H16Cl2N2O/c1-9-2-4-17(5-3-9)16-13(18)10-6-11(14)8-12(15)7-10/h6-9H,2-5H2,1H3,(H,16,18). The SMILES string of the molecule is CC1CCN(NC(=O)c2cc(Cl)cc(Cl)c2)CC1. The summed E-state index contributed by atoms with van der Waals surface area (Å²) >= 11 is 11.8. The quantitative estimate of drug-likeness (QED) is 0.904. The van der Waals surface area contributed by atoms with Crippen molar-refractivity contribution in [2.24, 2.45) is 5.92 Å². The van der Waals surface area contributed by atoms with Crippen molar-refractivity contribution in [1.82, 2.24) is 10.4 Å². The first-order chi connectivity index (χ1) is 8.54. The van der Waals surface area contributed by atoms with Gasteiger partial charge in [-0.1, -0.05) is 30.1 Å². The molecule has 98 valence electrons. The Morgan fingerprint density at radius 3 is 2.33 bits per heavy atom. The molecule has 0 bridgehead atoms. The fourth-order valence-electron chi connectivity index (χ4n) is 2.01. The lowest BCUT2D eigenvalue weighted by Crippen LogP contribution is -2.46. The van der Waals surface area contributed by atoms with E-state index in [-0.39, 0.29) is 5.91 Å². The Kier molecular flexibility index (Phi) is 4.49. The van der Waals surface area contributed by atoms with Gasteiger partial charge in [-0.05, 0) is 37.0 Å². The molecule has 1 aromatic carbocycles. The number of halogens is 2. The van der Waals surface area contributed by atoms with E-state index >= 15 is 0 Å². The fourth-order valence-corrected chi connectivity index (χ4v) is 2.54. The van der Waals surface area contributed by atoms with Crippen molar-refractivity contribution in [3.05, 3.63) is 33.8 Å². The van der Waals surface area contributed by atoms with Crippen LogP contribution in [0.5, 0.6) is 0 Å². The Balaban J connectivity index is 1.99. The molecule has 1 fully saturated rings. The molecule has 1 aliphatic rings. The molecule has 5 heteroatoms. The molecule has 0 unspecified atom stereocenters. The highest BCUT2D eigenvalue weighted by Gasteiger charge is 2.18. The molecule has 1 heterocycles. The number of carbonyl (C=O) groups is 1. The Bertz CT molecular complexity index is 422. The van der Waals surface area contributed by atoms with E-state index in [1.165, 1.54) is 0 Å². The maximum Gasteiger partial charge on any atom is 0.265 e. The normalized spacial score (nSPS) is 17.7.